The van der Waals surface area contributed by atoms with Crippen LogP contribution in [-0.2, 0) is 11.2 Å². The Morgan fingerprint density at radius 3 is 2.68 bits per heavy atom. The highest BCUT2D eigenvalue weighted by molar-refractivity contribution is 7.11. The third-order valence-electron chi connectivity index (χ3n) is 2.53. The highest BCUT2D eigenvalue weighted by atomic mass is 32.1. The van der Waals surface area contributed by atoms with E-state index in [4.69, 9.17) is 0 Å². The average Bonchev–Trinajstić information content (AvgIpc) is 2.61. The van der Waals surface area contributed by atoms with Crippen LogP contribution < -0.4 is 5.32 Å². The maximum Gasteiger partial charge on any atom is 0.229 e. The second kappa shape index (κ2) is 5.44. The average molecular weight is 282 g/mol. The summed E-state index contributed by atoms with van der Waals surface area (Å²) >= 11 is 1.43. The van der Waals surface area contributed by atoms with Crippen LogP contribution in [0.5, 0.6) is 0 Å². The molecule has 2 aromatic rings. The zero-order valence-corrected chi connectivity index (χ0v) is 11.3. The Kier molecular flexibility index (Phi) is 3.90. The van der Waals surface area contributed by atoms with Crippen molar-refractivity contribution in [2.24, 2.45) is 0 Å². The third-order valence-corrected chi connectivity index (χ3v) is 3.60. The zero-order valence-electron chi connectivity index (χ0n) is 10.5. The van der Waals surface area contributed by atoms with Gasteiger partial charge < -0.3 is 5.32 Å². The van der Waals surface area contributed by atoms with E-state index in [0.717, 1.165) is 27.7 Å². The molecule has 0 fully saturated rings. The Hall–Kier alpha value is -1.82. The summed E-state index contributed by atoms with van der Waals surface area (Å²) in [4.78, 5) is 16.8. The number of anilines is 1. The number of nitrogens with zero attached hydrogens (tertiary/aromatic N) is 1. The molecule has 0 bridgehead atoms. The van der Waals surface area contributed by atoms with Crippen molar-refractivity contribution in [3.8, 4) is 0 Å². The summed E-state index contributed by atoms with van der Waals surface area (Å²) in [5, 5.41) is 3.30. The van der Waals surface area contributed by atoms with Crippen molar-refractivity contribution < 1.29 is 13.6 Å². The van der Waals surface area contributed by atoms with Crippen molar-refractivity contribution in [3.05, 3.63) is 45.4 Å². The topological polar surface area (TPSA) is 42.0 Å². The fourth-order valence-corrected chi connectivity index (χ4v) is 2.60. The zero-order chi connectivity index (χ0) is 14.0. The van der Waals surface area contributed by atoms with Crippen LogP contribution in [0.2, 0.25) is 0 Å². The summed E-state index contributed by atoms with van der Waals surface area (Å²) < 4.78 is 26.1. The molecule has 0 spiro atoms. The van der Waals surface area contributed by atoms with Gasteiger partial charge in [0, 0.05) is 10.9 Å². The molecule has 6 heteroatoms. The molecule has 19 heavy (non-hydrogen) atoms. The molecule has 0 aliphatic heterocycles. The number of nitrogens with one attached hydrogen (secondary N) is 1. The quantitative estimate of drug-likeness (QED) is 0.939. The van der Waals surface area contributed by atoms with E-state index in [9.17, 15) is 13.6 Å². The minimum absolute atomic E-state index is 0.0229. The van der Waals surface area contributed by atoms with Crippen molar-refractivity contribution >= 4 is 22.9 Å². The van der Waals surface area contributed by atoms with Crippen molar-refractivity contribution in [2.75, 3.05) is 5.32 Å². The maximum absolute atomic E-state index is 13.4. The standard InChI is InChI=1S/C13H12F2N2OS/c1-7-12(19-8(2)16-7)6-13(18)17-11-4-3-9(14)5-10(11)15/h3-5H,6H2,1-2H3,(H,17,18). The van der Waals surface area contributed by atoms with Gasteiger partial charge in [-0.05, 0) is 26.0 Å². The lowest BCUT2D eigenvalue weighted by atomic mass is 10.2. The van der Waals surface area contributed by atoms with E-state index in [1.54, 1.807) is 0 Å². The van der Waals surface area contributed by atoms with E-state index in [-0.39, 0.29) is 18.0 Å². The number of rotatable bonds is 3. The SMILES string of the molecule is Cc1nc(C)c(CC(=O)Nc2ccc(F)cc2F)s1. The maximum atomic E-state index is 13.4. The minimum atomic E-state index is -0.787. The van der Waals surface area contributed by atoms with Crippen LogP contribution in [0.4, 0.5) is 14.5 Å². The lowest BCUT2D eigenvalue weighted by Gasteiger charge is -2.05. The molecule has 1 heterocycles. The molecular weight excluding hydrogens is 270 g/mol. The molecule has 2 rings (SSSR count). The van der Waals surface area contributed by atoms with Crippen molar-refractivity contribution in [1.29, 1.82) is 0 Å². The van der Waals surface area contributed by atoms with Gasteiger partial charge in [-0.15, -0.1) is 11.3 Å². The molecular formula is C13H12F2N2OS. The fourth-order valence-electron chi connectivity index (χ4n) is 1.67. The van der Waals surface area contributed by atoms with Crippen LogP contribution in [0.1, 0.15) is 15.6 Å². The fraction of sp³-hybridized carbons (Fsp3) is 0.231. The first kappa shape index (κ1) is 13.6. The number of carbonyl (C=O) groups is 1. The second-order valence-electron chi connectivity index (χ2n) is 4.09. The largest absolute Gasteiger partial charge is 0.323 e. The molecule has 0 saturated carbocycles. The summed E-state index contributed by atoms with van der Waals surface area (Å²) in [6.07, 6.45) is 0.133. The Labute approximate surface area is 113 Å². The number of aromatic nitrogens is 1. The van der Waals surface area contributed by atoms with Gasteiger partial charge in [0.05, 0.1) is 22.8 Å². The molecule has 1 aromatic heterocycles. The van der Waals surface area contributed by atoms with Crippen molar-refractivity contribution in [3.63, 3.8) is 0 Å². The number of aryl methyl sites for hydroxylation is 2. The molecule has 1 aromatic carbocycles. The van der Waals surface area contributed by atoms with E-state index in [0.29, 0.717) is 0 Å². The predicted molar refractivity (Wildman–Crippen MR) is 70.3 cm³/mol. The lowest BCUT2D eigenvalue weighted by molar-refractivity contribution is -0.115. The van der Waals surface area contributed by atoms with Crippen LogP contribution in [0.25, 0.3) is 0 Å². The van der Waals surface area contributed by atoms with E-state index in [2.05, 4.69) is 10.3 Å². The van der Waals surface area contributed by atoms with E-state index in [1.165, 1.54) is 17.4 Å². The minimum Gasteiger partial charge on any atom is -0.323 e. The van der Waals surface area contributed by atoms with Gasteiger partial charge >= 0.3 is 0 Å². The predicted octanol–water partition coefficient (Wildman–Crippen LogP) is 3.22. The number of carbonyl (C=O) groups excluding carboxylic acids is 1. The van der Waals surface area contributed by atoms with Gasteiger partial charge in [-0.3, -0.25) is 4.79 Å². The molecule has 0 atom stereocenters. The van der Waals surface area contributed by atoms with E-state index < -0.39 is 11.6 Å². The molecule has 0 radical (unpaired) electrons. The van der Waals surface area contributed by atoms with Crippen molar-refractivity contribution in [2.45, 2.75) is 20.3 Å². The van der Waals surface area contributed by atoms with Crippen LogP contribution >= 0.6 is 11.3 Å². The smallest absolute Gasteiger partial charge is 0.229 e. The molecule has 0 aliphatic rings. The van der Waals surface area contributed by atoms with Gasteiger partial charge in [0.1, 0.15) is 11.6 Å². The Balaban J connectivity index is 2.07. The van der Waals surface area contributed by atoms with Gasteiger partial charge in [-0.2, -0.15) is 0 Å². The van der Waals surface area contributed by atoms with E-state index in [1.807, 2.05) is 13.8 Å². The number of thiazole rings is 1. The van der Waals surface area contributed by atoms with Gasteiger partial charge in [-0.1, -0.05) is 0 Å². The van der Waals surface area contributed by atoms with Crippen LogP contribution in [0.15, 0.2) is 18.2 Å². The van der Waals surface area contributed by atoms with Crippen LogP contribution in [0, 0.1) is 25.5 Å². The summed E-state index contributed by atoms with van der Waals surface area (Å²) in [5.41, 5.74) is 0.780. The normalized spacial score (nSPS) is 10.5. The van der Waals surface area contributed by atoms with Crippen LogP contribution in [0.3, 0.4) is 0 Å². The third kappa shape index (κ3) is 3.35. The first-order valence-electron chi connectivity index (χ1n) is 5.63. The van der Waals surface area contributed by atoms with Crippen LogP contribution in [-0.4, -0.2) is 10.9 Å². The Morgan fingerprint density at radius 1 is 1.37 bits per heavy atom. The van der Waals surface area contributed by atoms with Gasteiger partial charge in [-0.25, -0.2) is 13.8 Å². The first-order valence-corrected chi connectivity index (χ1v) is 6.45. The number of benzene rings is 1. The molecule has 0 aliphatic carbocycles. The Bertz CT molecular complexity index is 625. The molecule has 0 unspecified atom stereocenters. The highest BCUT2D eigenvalue weighted by Gasteiger charge is 2.12. The number of hydrogen-bond donors (Lipinski definition) is 1. The van der Waals surface area contributed by atoms with Gasteiger partial charge in [0.15, 0.2) is 0 Å². The number of hydrogen-bond acceptors (Lipinski definition) is 3. The summed E-state index contributed by atoms with van der Waals surface area (Å²) in [7, 11) is 0. The van der Waals surface area contributed by atoms with Crippen molar-refractivity contribution in [1.82, 2.24) is 4.98 Å². The first-order chi connectivity index (χ1) is 8.95. The van der Waals surface area contributed by atoms with E-state index >= 15 is 0 Å². The molecule has 3 nitrogen and oxygen atoms in total. The summed E-state index contributed by atoms with van der Waals surface area (Å²) in [6, 6.07) is 3.03. The second-order valence-corrected chi connectivity index (χ2v) is 5.38. The summed E-state index contributed by atoms with van der Waals surface area (Å²) in [6.45, 7) is 3.68. The molecule has 1 N–H and O–H groups in total. The number of amides is 1. The van der Waals surface area contributed by atoms with Gasteiger partial charge in [0.2, 0.25) is 5.91 Å². The molecule has 0 saturated heterocycles. The van der Waals surface area contributed by atoms with Gasteiger partial charge in [0.25, 0.3) is 0 Å². The molecule has 1 amide bonds. The summed E-state index contributed by atoms with van der Waals surface area (Å²) in [5.74, 6) is -1.81. The highest BCUT2D eigenvalue weighted by Crippen LogP contribution is 2.19. The monoisotopic (exact) mass is 282 g/mol. The lowest BCUT2D eigenvalue weighted by Crippen LogP contribution is -2.15. The molecule has 100 valence electrons. The Morgan fingerprint density at radius 2 is 2.11 bits per heavy atom. The number of halogens is 2.